The van der Waals surface area contributed by atoms with Gasteiger partial charge in [-0.2, -0.15) is 8.42 Å². The summed E-state index contributed by atoms with van der Waals surface area (Å²) in [5.74, 6) is 0.734. The van der Waals surface area contributed by atoms with Crippen LogP contribution >= 0.6 is 0 Å². The fourth-order valence-corrected chi connectivity index (χ4v) is 10.4. The molecule has 2 atom stereocenters. The molecule has 0 aliphatic carbocycles. The molecule has 0 saturated carbocycles. The van der Waals surface area contributed by atoms with E-state index < -0.39 is 42.4 Å². The predicted molar refractivity (Wildman–Crippen MR) is 300 cm³/mol. The van der Waals surface area contributed by atoms with E-state index in [0.29, 0.717) is 73.5 Å². The highest BCUT2D eigenvalue weighted by Gasteiger charge is 2.39. The summed E-state index contributed by atoms with van der Waals surface area (Å²) in [6.07, 6.45) is 1.76. The normalized spacial score (nSPS) is 12.7. The first-order chi connectivity index (χ1) is 37.6. The molecule has 8 aromatic rings. The van der Waals surface area contributed by atoms with Crippen LogP contribution in [0.1, 0.15) is 48.7 Å². The Kier molecular flexibility index (Phi) is 17.6. The lowest BCUT2D eigenvalue weighted by Gasteiger charge is -2.36. The van der Waals surface area contributed by atoms with Crippen molar-refractivity contribution in [2.45, 2.75) is 89.8 Å². The fraction of sp³-hybridized carbons (Fsp3) is 0.283. The summed E-state index contributed by atoms with van der Waals surface area (Å²) >= 11 is 0. The smallest absolute Gasteiger partial charge is 0.345 e. The third-order valence-electron chi connectivity index (χ3n) is 13.5. The first kappa shape index (κ1) is 57.2. The summed E-state index contributed by atoms with van der Waals surface area (Å²) < 4.78 is 90.3. The molecule has 412 valence electrons. The van der Waals surface area contributed by atoms with Gasteiger partial charge in [0, 0.05) is 29.3 Å². The number of hydrogen-bond acceptors (Lipinski definition) is 15. The topological polar surface area (TPSA) is 201 Å². The molecule has 3 aromatic heterocycles. The maximum absolute atomic E-state index is 14.5. The van der Waals surface area contributed by atoms with Gasteiger partial charge in [-0.25, -0.2) is 29.1 Å². The Hall–Kier alpha value is -7.97. The molecule has 16 nitrogen and oxygen atoms in total. The molecular formula is C60H63FN4O12SSi. The molecule has 0 unspecified atom stereocenters. The Labute approximate surface area is 460 Å². The third-order valence-corrected chi connectivity index (χ3v) is 19.1. The molecule has 0 radical (unpaired) electrons. The number of nitrogens with zero attached hydrogens (tertiary/aromatic N) is 4. The first-order valence-corrected chi connectivity index (χ1v) is 29.7. The molecule has 8 rings (SSSR count). The number of hydrogen-bond donors (Lipinski definition) is 1. The number of aryl methyl sites for hydroxylation is 3. The number of methoxy groups -OCH3 is 1. The van der Waals surface area contributed by atoms with E-state index in [1.807, 2.05) is 51.1 Å². The van der Waals surface area contributed by atoms with Crippen LogP contribution in [0.2, 0.25) is 18.1 Å². The predicted octanol–water partition coefficient (Wildman–Crippen LogP) is 12.5. The third kappa shape index (κ3) is 13.7. The Morgan fingerprint density at radius 3 is 2.25 bits per heavy atom. The van der Waals surface area contributed by atoms with E-state index in [9.17, 15) is 22.7 Å². The van der Waals surface area contributed by atoms with Crippen molar-refractivity contribution < 1.29 is 59.4 Å². The van der Waals surface area contributed by atoms with Gasteiger partial charge in [-0.3, -0.25) is 4.18 Å². The maximum Gasteiger partial charge on any atom is 0.345 e. The van der Waals surface area contributed by atoms with Gasteiger partial charge in [-0.1, -0.05) is 56.7 Å². The monoisotopic (exact) mass is 1110 g/mol. The number of benzene rings is 5. The minimum Gasteiger partial charge on any atom is -0.543 e. The zero-order valence-corrected chi connectivity index (χ0v) is 47.4. The Morgan fingerprint density at radius 2 is 1.57 bits per heavy atom. The number of carboxylic acids is 1. The summed E-state index contributed by atoms with van der Waals surface area (Å²) in [5, 5.41) is 11.1. The molecule has 1 N–H and O–H groups in total. The minimum atomic E-state index is -4.15. The summed E-state index contributed by atoms with van der Waals surface area (Å²) in [5.41, 5.74) is 5.56. The lowest BCUT2D eigenvalue weighted by molar-refractivity contribution is -0.145. The number of ether oxygens (including phenoxy) is 5. The minimum absolute atomic E-state index is 0.000663. The van der Waals surface area contributed by atoms with Crippen molar-refractivity contribution in [3.63, 3.8) is 0 Å². The lowest BCUT2D eigenvalue weighted by atomic mass is 9.92. The van der Waals surface area contributed by atoms with Crippen LogP contribution < -0.4 is 23.4 Å². The van der Waals surface area contributed by atoms with Crippen LogP contribution in [0.15, 0.2) is 144 Å². The van der Waals surface area contributed by atoms with E-state index in [0.717, 1.165) is 5.56 Å². The molecule has 0 amide bonds. The van der Waals surface area contributed by atoms with Gasteiger partial charge in [0.1, 0.15) is 65.6 Å². The van der Waals surface area contributed by atoms with E-state index in [4.69, 9.17) is 41.7 Å². The Morgan fingerprint density at radius 1 is 0.848 bits per heavy atom. The van der Waals surface area contributed by atoms with E-state index in [1.54, 1.807) is 74.0 Å². The highest BCUT2D eigenvalue weighted by atomic mass is 32.2. The van der Waals surface area contributed by atoms with E-state index >= 15 is 0 Å². The van der Waals surface area contributed by atoms with Crippen molar-refractivity contribution in [2.24, 2.45) is 0 Å². The number of fused-ring (bicyclic) bond motifs is 1. The number of rotatable bonds is 24. The summed E-state index contributed by atoms with van der Waals surface area (Å²) in [7, 11) is -4.95. The molecule has 19 heteroatoms. The summed E-state index contributed by atoms with van der Waals surface area (Å²) in [4.78, 5) is 31.8. The van der Waals surface area contributed by atoms with Crippen molar-refractivity contribution in [1.82, 2.24) is 19.9 Å². The summed E-state index contributed by atoms with van der Waals surface area (Å²) in [6, 6.07) is 30.1. The van der Waals surface area contributed by atoms with Crippen molar-refractivity contribution in [3.05, 3.63) is 168 Å². The molecule has 5 aromatic carbocycles. The average molecular weight is 1110 g/mol. The average Bonchev–Trinajstić information content (AvgIpc) is 3.98. The van der Waals surface area contributed by atoms with Crippen molar-refractivity contribution in [3.8, 4) is 62.7 Å². The molecule has 3 heterocycles. The van der Waals surface area contributed by atoms with E-state index in [1.165, 1.54) is 30.6 Å². The zero-order chi connectivity index (χ0) is 56.6. The van der Waals surface area contributed by atoms with Gasteiger partial charge in [0.15, 0.2) is 5.82 Å². The number of para-hydroxylation sites is 1. The van der Waals surface area contributed by atoms with Crippen molar-refractivity contribution in [1.29, 1.82) is 0 Å². The second-order valence-corrected chi connectivity index (χ2v) is 26.7. The SMILES string of the molecule is C=CCOC[C@H](COS(=O)(=O)c1ccc(C)cc1)Oc1cc(C)c(-c2c(-c3ccc(F)cc3)oc3ncnc(O[C@H](Cc4cc(O[Si](C)(C)C(C)(C)C)ccc4OCc4ccnc(-c5ccccc5OC)n4)C(=O)O)c23)c(C)c1. The number of halogens is 1. The van der Waals surface area contributed by atoms with Gasteiger partial charge >= 0.3 is 5.97 Å². The molecule has 79 heavy (non-hydrogen) atoms. The Bertz CT molecular complexity index is 3560. The van der Waals surface area contributed by atoms with Gasteiger partial charge in [-0.05, 0) is 141 Å². The van der Waals surface area contributed by atoms with Gasteiger partial charge in [0.25, 0.3) is 10.1 Å². The molecule has 0 spiro atoms. The van der Waals surface area contributed by atoms with Crippen LogP contribution in [0.4, 0.5) is 4.39 Å². The number of furan rings is 1. The molecule has 0 saturated heterocycles. The quantitative estimate of drug-likeness (QED) is 0.0259. The van der Waals surface area contributed by atoms with Gasteiger partial charge in [0.2, 0.25) is 26.0 Å². The second-order valence-electron chi connectivity index (χ2n) is 20.4. The highest BCUT2D eigenvalue weighted by molar-refractivity contribution is 7.86. The van der Waals surface area contributed by atoms with Crippen LogP contribution in [-0.2, 0) is 36.9 Å². The lowest BCUT2D eigenvalue weighted by Crippen LogP contribution is -2.43. The Balaban J connectivity index is 1.16. The number of carboxylic acid groups (broad SMARTS) is 1. The van der Waals surface area contributed by atoms with Gasteiger partial charge < -0.3 is 37.6 Å². The maximum atomic E-state index is 14.5. The zero-order valence-electron chi connectivity index (χ0n) is 45.5. The van der Waals surface area contributed by atoms with E-state index in [2.05, 4.69) is 55.4 Å². The van der Waals surface area contributed by atoms with Crippen LogP contribution in [0, 0.1) is 26.6 Å². The van der Waals surface area contributed by atoms with Crippen LogP contribution in [-0.4, -0.2) is 86.9 Å². The number of aliphatic carboxylic acids is 1. The number of carbonyl (C=O) groups is 1. The van der Waals surface area contributed by atoms with Gasteiger partial charge in [-0.15, -0.1) is 6.58 Å². The molecule has 0 fully saturated rings. The van der Waals surface area contributed by atoms with Crippen LogP contribution in [0.5, 0.6) is 28.9 Å². The molecular weight excluding hydrogens is 1050 g/mol. The number of aromatic nitrogens is 4. The molecule has 0 aliphatic rings. The second kappa shape index (κ2) is 24.4. The van der Waals surface area contributed by atoms with Crippen molar-refractivity contribution in [2.75, 3.05) is 26.9 Å². The van der Waals surface area contributed by atoms with Crippen molar-refractivity contribution >= 4 is 35.5 Å². The standard InChI is InChI=1S/C60H63FN4O12SSi/c1-11-28-71-34-46(35-73-78(68,69)47-23-16-37(2)17-24-47)74-45-29-38(3)52(39(4)30-45)53-54-57(63-36-64-58(54)76-55(53)40-18-20-42(61)21-19-40)75-51(59(66)67)32-41-31-44(77-79(9,10)60(5,6)7)22-25-49(41)72-33-43-26-27-62-56(65-43)48-14-12-13-15-50(48)70-8/h11-27,29-31,36,46,51H,1,28,32-35H2,2-10H3,(H,66,67)/t46-,51-/m1/s1. The van der Waals surface area contributed by atoms with Gasteiger partial charge in [0.05, 0.1) is 36.5 Å². The van der Waals surface area contributed by atoms with E-state index in [-0.39, 0.29) is 65.5 Å². The van der Waals surface area contributed by atoms with Crippen LogP contribution in [0.3, 0.4) is 0 Å². The summed E-state index contributed by atoms with van der Waals surface area (Å²) in [6.45, 7) is 19.7. The fourth-order valence-electron chi connectivity index (χ4n) is 8.42. The molecule has 0 aliphatic heterocycles. The first-order valence-electron chi connectivity index (χ1n) is 25.4. The highest BCUT2D eigenvalue weighted by Crippen LogP contribution is 2.47. The largest absolute Gasteiger partial charge is 0.543 e. The molecule has 0 bridgehead atoms. The van der Waals surface area contributed by atoms with Crippen LogP contribution in [0.25, 0.3) is 44.9 Å².